The number of carbonyl (C=O) groups excluding carboxylic acids is 1. The first-order chi connectivity index (χ1) is 15.5. The summed E-state index contributed by atoms with van der Waals surface area (Å²) >= 11 is 0. The van der Waals surface area contributed by atoms with Crippen molar-refractivity contribution in [3.05, 3.63) is 70.9 Å². The summed E-state index contributed by atoms with van der Waals surface area (Å²) in [6, 6.07) is 14.1. The fourth-order valence-electron chi connectivity index (χ4n) is 3.45. The lowest BCUT2D eigenvalue weighted by Gasteiger charge is -2.19. The second kappa shape index (κ2) is 9.28. The summed E-state index contributed by atoms with van der Waals surface area (Å²) in [5, 5.41) is 28.3. The van der Waals surface area contributed by atoms with E-state index in [-0.39, 0.29) is 28.8 Å². The quantitative estimate of drug-likeness (QED) is 0.391. The molecule has 1 heterocycles. The van der Waals surface area contributed by atoms with Crippen LogP contribution in [0.15, 0.2) is 53.6 Å². The molecule has 0 bridgehead atoms. The second-order valence-corrected chi connectivity index (χ2v) is 8.91. The highest BCUT2D eigenvalue weighted by molar-refractivity contribution is 6.01. The van der Waals surface area contributed by atoms with Crippen LogP contribution < -0.4 is 5.43 Å². The number of rotatable bonds is 6. The first-order valence-corrected chi connectivity index (χ1v) is 10.5. The van der Waals surface area contributed by atoms with Crippen LogP contribution in [0.3, 0.4) is 0 Å². The van der Waals surface area contributed by atoms with E-state index < -0.39 is 11.9 Å². The van der Waals surface area contributed by atoms with Gasteiger partial charge in [0.15, 0.2) is 11.4 Å². The number of amides is 1. The molecule has 33 heavy (non-hydrogen) atoms. The molecule has 172 valence electrons. The van der Waals surface area contributed by atoms with E-state index in [0.29, 0.717) is 17.0 Å². The van der Waals surface area contributed by atoms with Gasteiger partial charge in [-0.15, -0.1) is 0 Å². The molecule has 2 aromatic carbocycles. The van der Waals surface area contributed by atoms with Crippen LogP contribution in [-0.2, 0) is 23.7 Å². The van der Waals surface area contributed by atoms with E-state index in [4.69, 9.17) is 5.11 Å². The number of aromatic carboxylic acids is 1. The fraction of sp³-hybridized carbons (Fsp3) is 0.280. The lowest BCUT2D eigenvalue weighted by molar-refractivity contribution is -0.120. The van der Waals surface area contributed by atoms with E-state index >= 15 is 0 Å². The summed E-state index contributed by atoms with van der Waals surface area (Å²) in [5.41, 5.74) is 6.29. The molecule has 0 fully saturated rings. The van der Waals surface area contributed by atoms with Gasteiger partial charge in [-0.1, -0.05) is 57.2 Å². The molecule has 0 saturated heterocycles. The lowest BCUT2D eigenvalue weighted by atomic mass is 9.86. The van der Waals surface area contributed by atoms with Crippen LogP contribution in [0.2, 0.25) is 0 Å². The Morgan fingerprint density at radius 2 is 1.79 bits per heavy atom. The molecular weight excluding hydrogens is 420 g/mol. The largest absolute Gasteiger partial charge is 0.504 e. The third-order valence-corrected chi connectivity index (χ3v) is 5.28. The number of hydrazone groups is 1. The Kier molecular flexibility index (Phi) is 6.67. The Morgan fingerprint density at radius 3 is 2.39 bits per heavy atom. The number of aromatic nitrogens is 2. The zero-order valence-corrected chi connectivity index (χ0v) is 19.4. The number of hydrogen-bond donors (Lipinski definition) is 3. The van der Waals surface area contributed by atoms with Gasteiger partial charge in [0, 0.05) is 12.6 Å². The number of hydrogen-bond acceptors (Lipinski definition) is 5. The molecule has 0 aliphatic rings. The number of benzene rings is 2. The molecule has 3 rings (SSSR count). The van der Waals surface area contributed by atoms with E-state index in [2.05, 4.69) is 36.4 Å². The molecular formula is C25H28N4O4. The maximum atomic E-state index is 12.3. The predicted octanol–water partition coefficient (Wildman–Crippen LogP) is 3.87. The highest BCUT2D eigenvalue weighted by Gasteiger charge is 2.20. The summed E-state index contributed by atoms with van der Waals surface area (Å²) < 4.78 is 1.58. The number of aryl methyl sites for hydroxylation is 1. The minimum absolute atomic E-state index is 0.0224. The van der Waals surface area contributed by atoms with Crippen LogP contribution in [0.25, 0.3) is 11.3 Å². The van der Waals surface area contributed by atoms with Gasteiger partial charge in [-0.3, -0.25) is 9.48 Å². The van der Waals surface area contributed by atoms with Crippen molar-refractivity contribution in [1.82, 2.24) is 15.2 Å². The van der Waals surface area contributed by atoms with Crippen LogP contribution in [0, 0.1) is 0 Å². The van der Waals surface area contributed by atoms with Crippen molar-refractivity contribution >= 4 is 17.6 Å². The van der Waals surface area contributed by atoms with Gasteiger partial charge in [-0.05, 0) is 35.6 Å². The summed E-state index contributed by atoms with van der Waals surface area (Å²) in [6.07, 6.45) is -0.0303. The maximum Gasteiger partial charge on any atom is 0.335 e. The topological polar surface area (TPSA) is 117 Å². The Hall–Kier alpha value is -3.94. The first kappa shape index (κ1) is 23.7. The number of carboxylic acids is 1. The lowest BCUT2D eigenvalue weighted by Crippen LogP contribution is -2.21. The normalized spacial score (nSPS) is 12.0. The molecule has 0 aliphatic carbocycles. The van der Waals surface area contributed by atoms with Crippen molar-refractivity contribution < 1.29 is 19.8 Å². The Morgan fingerprint density at radius 1 is 1.12 bits per heavy atom. The standard InChI is InChI=1S/C25H28N4O4/c1-15(26-27-20(30)14-16-7-6-8-18(13-16)24(32)33)21-23(31)22(29(5)28-21)17-9-11-19(12-10-17)25(2,3)4/h6-13,31H,14H2,1-5H3,(H,27,30)(H,32,33). The van der Waals surface area contributed by atoms with Crippen molar-refractivity contribution in [3.63, 3.8) is 0 Å². The van der Waals surface area contributed by atoms with Crippen molar-refractivity contribution in [2.24, 2.45) is 12.1 Å². The molecule has 0 spiro atoms. The van der Waals surface area contributed by atoms with Crippen LogP contribution in [-0.4, -0.2) is 37.6 Å². The molecule has 1 aromatic heterocycles. The van der Waals surface area contributed by atoms with E-state index in [1.165, 1.54) is 17.7 Å². The van der Waals surface area contributed by atoms with Crippen molar-refractivity contribution in [2.45, 2.75) is 39.5 Å². The van der Waals surface area contributed by atoms with Crippen molar-refractivity contribution in [3.8, 4) is 17.0 Å². The highest BCUT2D eigenvalue weighted by Crippen LogP contribution is 2.33. The third-order valence-electron chi connectivity index (χ3n) is 5.28. The fourth-order valence-corrected chi connectivity index (χ4v) is 3.45. The molecule has 8 heteroatoms. The van der Waals surface area contributed by atoms with E-state index in [9.17, 15) is 14.7 Å². The third kappa shape index (κ3) is 5.46. The number of aromatic hydroxyl groups is 1. The predicted molar refractivity (Wildman–Crippen MR) is 126 cm³/mol. The molecule has 1 amide bonds. The maximum absolute atomic E-state index is 12.3. The average molecular weight is 449 g/mol. The SMILES string of the molecule is CC(=NNC(=O)Cc1cccc(C(=O)O)c1)c1nn(C)c(-c2ccc(C(C)(C)C)cc2)c1O. The number of carboxylic acid groups (broad SMARTS) is 1. The molecule has 0 atom stereocenters. The average Bonchev–Trinajstić information content (AvgIpc) is 3.05. The number of nitrogens with zero attached hydrogens (tertiary/aromatic N) is 3. The minimum Gasteiger partial charge on any atom is -0.504 e. The number of carbonyl (C=O) groups is 2. The molecule has 0 unspecified atom stereocenters. The zero-order chi connectivity index (χ0) is 24.3. The van der Waals surface area contributed by atoms with Crippen molar-refractivity contribution in [2.75, 3.05) is 0 Å². The Labute approximate surface area is 192 Å². The zero-order valence-electron chi connectivity index (χ0n) is 19.4. The molecule has 0 saturated carbocycles. The van der Waals surface area contributed by atoms with Gasteiger partial charge in [0.05, 0.1) is 17.7 Å². The molecule has 0 aliphatic heterocycles. The summed E-state index contributed by atoms with van der Waals surface area (Å²) in [7, 11) is 1.73. The number of nitrogens with one attached hydrogen (secondary N) is 1. The van der Waals surface area contributed by atoms with Gasteiger partial charge in [0.2, 0.25) is 5.91 Å². The Balaban J connectivity index is 1.76. The Bertz CT molecular complexity index is 1220. The van der Waals surface area contributed by atoms with Crippen molar-refractivity contribution in [1.29, 1.82) is 0 Å². The summed E-state index contributed by atoms with van der Waals surface area (Å²) in [6.45, 7) is 8.05. The second-order valence-electron chi connectivity index (χ2n) is 8.91. The molecule has 3 N–H and O–H groups in total. The minimum atomic E-state index is -1.05. The van der Waals surface area contributed by atoms with Gasteiger partial charge in [0.25, 0.3) is 0 Å². The molecule has 8 nitrogen and oxygen atoms in total. The monoisotopic (exact) mass is 448 g/mol. The van der Waals surface area contributed by atoms with Crippen LogP contribution >= 0.6 is 0 Å². The summed E-state index contributed by atoms with van der Waals surface area (Å²) in [5.74, 6) is -1.49. The smallest absolute Gasteiger partial charge is 0.335 e. The molecule has 3 aromatic rings. The highest BCUT2D eigenvalue weighted by atomic mass is 16.4. The van der Waals surface area contributed by atoms with Gasteiger partial charge >= 0.3 is 5.97 Å². The van der Waals surface area contributed by atoms with Crippen LogP contribution in [0.1, 0.15) is 54.9 Å². The first-order valence-electron chi connectivity index (χ1n) is 10.5. The van der Waals surface area contributed by atoms with Gasteiger partial charge < -0.3 is 10.2 Å². The van der Waals surface area contributed by atoms with Gasteiger partial charge in [-0.2, -0.15) is 10.2 Å². The van der Waals surface area contributed by atoms with E-state index in [0.717, 1.165) is 5.56 Å². The van der Waals surface area contributed by atoms with Crippen LogP contribution in [0.4, 0.5) is 0 Å². The summed E-state index contributed by atoms with van der Waals surface area (Å²) in [4.78, 5) is 23.3. The van der Waals surface area contributed by atoms with Gasteiger partial charge in [0.1, 0.15) is 5.69 Å². The molecule has 0 radical (unpaired) electrons. The van der Waals surface area contributed by atoms with E-state index in [1.807, 2.05) is 24.3 Å². The van der Waals surface area contributed by atoms with Crippen LogP contribution in [0.5, 0.6) is 5.75 Å². The van der Waals surface area contributed by atoms with Gasteiger partial charge in [-0.25, -0.2) is 10.2 Å². The van der Waals surface area contributed by atoms with E-state index in [1.54, 1.807) is 30.8 Å².